The lowest BCUT2D eigenvalue weighted by atomic mass is 10.0. The van der Waals surface area contributed by atoms with E-state index in [9.17, 15) is 0 Å². The highest BCUT2D eigenvalue weighted by Gasteiger charge is 2.26. The zero-order valence-electron chi connectivity index (χ0n) is 19.2. The van der Waals surface area contributed by atoms with Crippen LogP contribution in [-0.4, -0.2) is 71.6 Å². The second-order valence-electron chi connectivity index (χ2n) is 8.85. The quantitative estimate of drug-likeness (QED) is 0.496. The normalized spacial score (nSPS) is 19.0. The van der Waals surface area contributed by atoms with Gasteiger partial charge in [0.25, 0.3) is 0 Å². The molecule has 4 aromatic rings. The van der Waals surface area contributed by atoms with E-state index in [1.807, 2.05) is 16.6 Å². The van der Waals surface area contributed by atoms with Crippen molar-refractivity contribution in [1.82, 2.24) is 24.9 Å². The number of piperazine rings is 1. The standard InChI is InChI=1S/C26H29N7O/c1-2-4-20(5-3-1)16-22-19-28-10-11-32(22)24-18-26(31-12-14-34-15-13-31)33-25(29-24)17-23(30-33)21-6-8-27-9-7-21/h1-9,17-18,22,28H,10-16,19H2. The molecular formula is C26H29N7O. The number of nitrogens with one attached hydrogen (secondary N) is 1. The van der Waals surface area contributed by atoms with Gasteiger partial charge in [0.05, 0.1) is 18.9 Å². The molecule has 2 aliphatic rings. The highest BCUT2D eigenvalue weighted by Crippen LogP contribution is 2.29. The van der Waals surface area contributed by atoms with Gasteiger partial charge in [-0.05, 0) is 24.1 Å². The molecule has 0 amide bonds. The van der Waals surface area contributed by atoms with Crippen LogP contribution >= 0.6 is 0 Å². The summed E-state index contributed by atoms with van der Waals surface area (Å²) in [6.07, 6.45) is 4.58. The molecule has 6 rings (SSSR count). The number of hydrogen-bond donors (Lipinski definition) is 1. The van der Waals surface area contributed by atoms with Crippen LogP contribution in [0.2, 0.25) is 0 Å². The zero-order valence-corrected chi connectivity index (χ0v) is 19.2. The molecule has 0 spiro atoms. The van der Waals surface area contributed by atoms with Gasteiger partial charge in [-0.3, -0.25) is 4.98 Å². The van der Waals surface area contributed by atoms with Gasteiger partial charge in [0.15, 0.2) is 5.65 Å². The van der Waals surface area contributed by atoms with Gasteiger partial charge in [-0.2, -0.15) is 9.61 Å². The van der Waals surface area contributed by atoms with Crippen molar-refractivity contribution in [2.24, 2.45) is 0 Å². The molecule has 5 heterocycles. The smallest absolute Gasteiger partial charge is 0.160 e. The molecular weight excluding hydrogens is 426 g/mol. The summed E-state index contributed by atoms with van der Waals surface area (Å²) in [4.78, 5) is 14.1. The molecule has 8 nitrogen and oxygen atoms in total. The summed E-state index contributed by atoms with van der Waals surface area (Å²) in [7, 11) is 0. The summed E-state index contributed by atoms with van der Waals surface area (Å²) in [6, 6.07) is 19.3. The first-order chi connectivity index (χ1) is 16.8. The average molecular weight is 456 g/mol. The van der Waals surface area contributed by atoms with Crippen LogP contribution in [0.25, 0.3) is 16.9 Å². The second-order valence-corrected chi connectivity index (χ2v) is 8.85. The molecule has 1 atom stereocenters. The van der Waals surface area contributed by atoms with E-state index in [2.05, 4.69) is 62.6 Å². The molecule has 0 saturated carbocycles. The third kappa shape index (κ3) is 4.22. The number of aromatic nitrogens is 4. The molecule has 2 aliphatic heterocycles. The molecule has 1 N–H and O–H groups in total. The van der Waals surface area contributed by atoms with E-state index in [0.717, 1.165) is 80.9 Å². The third-order valence-electron chi connectivity index (χ3n) is 6.66. The van der Waals surface area contributed by atoms with E-state index in [1.165, 1.54) is 5.56 Å². The van der Waals surface area contributed by atoms with E-state index >= 15 is 0 Å². The molecule has 0 radical (unpaired) electrons. The van der Waals surface area contributed by atoms with E-state index < -0.39 is 0 Å². The second kappa shape index (κ2) is 9.40. The zero-order chi connectivity index (χ0) is 22.7. The van der Waals surface area contributed by atoms with Crippen LogP contribution in [-0.2, 0) is 11.2 Å². The summed E-state index contributed by atoms with van der Waals surface area (Å²) in [6.45, 7) is 5.96. The molecule has 2 saturated heterocycles. The summed E-state index contributed by atoms with van der Waals surface area (Å²) in [5.41, 5.74) is 4.16. The van der Waals surface area contributed by atoms with Crippen molar-refractivity contribution >= 4 is 17.3 Å². The van der Waals surface area contributed by atoms with Gasteiger partial charge in [-0.25, -0.2) is 4.98 Å². The predicted octanol–water partition coefficient (Wildman–Crippen LogP) is 2.65. The lowest BCUT2D eigenvalue weighted by Crippen LogP contribution is -2.52. The first-order valence-corrected chi connectivity index (χ1v) is 12.0. The lowest BCUT2D eigenvalue weighted by molar-refractivity contribution is 0.122. The topological polar surface area (TPSA) is 70.8 Å². The number of pyridine rings is 1. The molecule has 1 unspecified atom stereocenters. The number of morpholine rings is 1. The highest BCUT2D eigenvalue weighted by molar-refractivity contribution is 5.68. The molecule has 1 aromatic carbocycles. The van der Waals surface area contributed by atoms with Crippen LogP contribution in [0.15, 0.2) is 67.0 Å². The fraction of sp³-hybridized carbons (Fsp3) is 0.346. The Morgan fingerprint density at radius 1 is 0.971 bits per heavy atom. The van der Waals surface area contributed by atoms with Crippen LogP contribution < -0.4 is 15.1 Å². The number of hydrogen-bond acceptors (Lipinski definition) is 7. The molecule has 2 fully saturated rings. The van der Waals surface area contributed by atoms with Crippen molar-refractivity contribution in [2.75, 3.05) is 55.7 Å². The minimum Gasteiger partial charge on any atom is -0.378 e. The Morgan fingerprint density at radius 3 is 2.62 bits per heavy atom. The lowest BCUT2D eigenvalue weighted by Gasteiger charge is -2.38. The van der Waals surface area contributed by atoms with Gasteiger partial charge in [-0.1, -0.05) is 30.3 Å². The van der Waals surface area contributed by atoms with Crippen molar-refractivity contribution in [1.29, 1.82) is 0 Å². The van der Waals surface area contributed by atoms with Gasteiger partial charge in [0.1, 0.15) is 11.6 Å². The van der Waals surface area contributed by atoms with Crippen LogP contribution in [0.1, 0.15) is 5.56 Å². The van der Waals surface area contributed by atoms with Gasteiger partial charge in [0, 0.05) is 68.9 Å². The van der Waals surface area contributed by atoms with Crippen molar-refractivity contribution < 1.29 is 4.74 Å². The number of nitrogens with zero attached hydrogens (tertiary/aromatic N) is 6. The molecule has 0 bridgehead atoms. The van der Waals surface area contributed by atoms with Crippen molar-refractivity contribution in [3.8, 4) is 11.3 Å². The van der Waals surface area contributed by atoms with Gasteiger partial charge < -0.3 is 19.9 Å². The number of benzene rings is 1. The predicted molar refractivity (Wildman–Crippen MR) is 133 cm³/mol. The number of fused-ring (bicyclic) bond motifs is 1. The van der Waals surface area contributed by atoms with Crippen LogP contribution in [0.5, 0.6) is 0 Å². The van der Waals surface area contributed by atoms with E-state index in [-0.39, 0.29) is 0 Å². The van der Waals surface area contributed by atoms with Crippen molar-refractivity contribution in [3.05, 3.63) is 72.6 Å². The molecule has 174 valence electrons. The molecule has 0 aliphatic carbocycles. The van der Waals surface area contributed by atoms with Crippen molar-refractivity contribution in [2.45, 2.75) is 12.5 Å². The fourth-order valence-electron chi connectivity index (χ4n) is 4.91. The minimum atomic E-state index is 0.339. The summed E-state index contributed by atoms with van der Waals surface area (Å²) < 4.78 is 7.61. The number of rotatable bonds is 5. The maximum absolute atomic E-state index is 5.63. The van der Waals surface area contributed by atoms with Gasteiger partial charge in [0.2, 0.25) is 0 Å². The maximum atomic E-state index is 5.63. The fourth-order valence-corrected chi connectivity index (χ4v) is 4.91. The monoisotopic (exact) mass is 455 g/mol. The Hall–Kier alpha value is -3.49. The van der Waals surface area contributed by atoms with Crippen molar-refractivity contribution in [3.63, 3.8) is 0 Å². The summed E-state index contributed by atoms with van der Waals surface area (Å²) >= 11 is 0. The minimum absolute atomic E-state index is 0.339. The Balaban J connectivity index is 1.42. The van der Waals surface area contributed by atoms with Crippen LogP contribution in [0.4, 0.5) is 11.6 Å². The first kappa shape index (κ1) is 21.1. The van der Waals surface area contributed by atoms with Gasteiger partial charge in [-0.15, -0.1) is 0 Å². The van der Waals surface area contributed by atoms with Crippen LogP contribution in [0, 0.1) is 0 Å². The number of anilines is 2. The maximum Gasteiger partial charge on any atom is 0.160 e. The molecule has 3 aromatic heterocycles. The summed E-state index contributed by atoms with van der Waals surface area (Å²) in [5.74, 6) is 2.08. The van der Waals surface area contributed by atoms with E-state index in [0.29, 0.717) is 6.04 Å². The first-order valence-electron chi connectivity index (χ1n) is 12.0. The Labute approximate surface area is 199 Å². The SMILES string of the molecule is c1ccc(CC2CNCCN2c2cc(N3CCOCC3)n3nc(-c4ccncc4)cc3n2)cc1. The average Bonchev–Trinajstić information content (AvgIpc) is 3.34. The number of ether oxygens (including phenoxy) is 1. The molecule has 34 heavy (non-hydrogen) atoms. The Morgan fingerprint density at radius 2 is 1.79 bits per heavy atom. The Kier molecular flexibility index (Phi) is 5.83. The van der Waals surface area contributed by atoms with E-state index in [1.54, 1.807) is 12.4 Å². The van der Waals surface area contributed by atoms with Crippen LogP contribution in [0.3, 0.4) is 0 Å². The Bertz CT molecular complexity index is 1240. The highest BCUT2D eigenvalue weighted by atomic mass is 16.5. The van der Waals surface area contributed by atoms with E-state index in [4.69, 9.17) is 14.8 Å². The third-order valence-corrected chi connectivity index (χ3v) is 6.66. The molecule has 8 heteroatoms. The summed E-state index contributed by atoms with van der Waals surface area (Å²) in [5, 5.41) is 8.52. The largest absolute Gasteiger partial charge is 0.378 e. The van der Waals surface area contributed by atoms with Gasteiger partial charge >= 0.3 is 0 Å².